The standard InChI is InChI=1S/C12H14ClN3S/c1-2-7-14-12-16-15-11(8-17-12)9-3-5-10(13)6-4-9/h3-6H,2,7-8H2,1H3,(H,14,16). The quantitative estimate of drug-likeness (QED) is 0.913. The summed E-state index contributed by atoms with van der Waals surface area (Å²) in [6.07, 6.45) is 1.06. The van der Waals surface area contributed by atoms with Crippen molar-refractivity contribution in [2.75, 3.05) is 12.3 Å². The molecule has 1 heterocycles. The summed E-state index contributed by atoms with van der Waals surface area (Å²) in [4.78, 5) is 4.38. The number of hydrogen-bond donors (Lipinski definition) is 1. The first-order valence-corrected chi connectivity index (χ1v) is 6.91. The zero-order valence-corrected chi connectivity index (χ0v) is 11.2. The Morgan fingerprint density at radius 3 is 2.76 bits per heavy atom. The summed E-state index contributed by atoms with van der Waals surface area (Å²) >= 11 is 7.54. The van der Waals surface area contributed by atoms with Crippen LogP contribution in [-0.4, -0.2) is 23.2 Å². The van der Waals surface area contributed by atoms with E-state index < -0.39 is 0 Å². The van der Waals surface area contributed by atoms with E-state index >= 15 is 0 Å². The second kappa shape index (κ2) is 6.07. The lowest BCUT2D eigenvalue weighted by atomic mass is 10.1. The highest BCUT2D eigenvalue weighted by molar-refractivity contribution is 8.14. The first-order chi connectivity index (χ1) is 8.29. The summed E-state index contributed by atoms with van der Waals surface area (Å²) in [5.74, 6) is 0.844. The van der Waals surface area contributed by atoms with Gasteiger partial charge in [-0.15, -0.1) is 0 Å². The van der Waals surface area contributed by atoms with Gasteiger partial charge in [0.1, 0.15) is 0 Å². The SMILES string of the molecule is CCCN=C1NN=C(c2ccc(Cl)cc2)CS1. The van der Waals surface area contributed by atoms with Crippen LogP contribution in [0.25, 0.3) is 0 Å². The summed E-state index contributed by atoms with van der Waals surface area (Å²) in [5.41, 5.74) is 5.12. The number of thioether (sulfide) groups is 1. The smallest absolute Gasteiger partial charge is 0.177 e. The number of nitrogens with one attached hydrogen (secondary N) is 1. The third-order valence-corrected chi connectivity index (χ3v) is 3.45. The number of hydrazone groups is 1. The Balaban J connectivity index is 2.05. The van der Waals surface area contributed by atoms with Crippen molar-refractivity contribution in [3.05, 3.63) is 34.9 Å². The van der Waals surface area contributed by atoms with Crippen LogP contribution in [0.1, 0.15) is 18.9 Å². The molecule has 0 aromatic heterocycles. The van der Waals surface area contributed by atoms with Crippen LogP contribution in [0.15, 0.2) is 34.4 Å². The molecule has 0 saturated heterocycles. The Bertz CT molecular complexity index is 440. The third kappa shape index (κ3) is 3.48. The van der Waals surface area contributed by atoms with Gasteiger partial charge >= 0.3 is 0 Å². The van der Waals surface area contributed by atoms with Crippen LogP contribution >= 0.6 is 23.4 Å². The highest BCUT2D eigenvalue weighted by atomic mass is 35.5. The van der Waals surface area contributed by atoms with Crippen molar-refractivity contribution < 1.29 is 0 Å². The van der Waals surface area contributed by atoms with Crippen molar-refractivity contribution >= 4 is 34.2 Å². The highest BCUT2D eigenvalue weighted by Gasteiger charge is 2.12. The molecule has 1 aliphatic rings. The van der Waals surface area contributed by atoms with Gasteiger partial charge in [0.15, 0.2) is 5.17 Å². The van der Waals surface area contributed by atoms with Gasteiger partial charge < -0.3 is 0 Å². The topological polar surface area (TPSA) is 36.8 Å². The summed E-state index contributed by atoms with van der Waals surface area (Å²) < 4.78 is 0. The minimum Gasteiger partial charge on any atom is -0.261 e. The van der Waals surface area contributed by atoms with Crippen molar-refractivity contribution in [3.8, 4) is 0 Å². The van der Waals surface area contributed by atoms with Crippen LogP contribution in [-0.2, 0) is 0 Å². The molecule has 90 valence electrons. The van der Waals surface area contributed by atoms with Crippen molar-refractivity contribution in [1.82, 2.24) is 5.43 Å². The maximum Gasteiger partial charge on any atom is 0.177 e. The van der Waals surface area contributed by atoms with Crippen LogP contribution in [0.2, 0.25) is 5.02 Å². The zero-order chi connectivity index (χ0) is 12.1. The first kappa shape index (κ1) is 12.5. The lowest BCUT2D eigenvalue weighted by molar-refractivity contribution is 0.915. The molecule has 0 atom stereocenters. The molecule has 1 aromatic rings. The Morgan fingerprint density at radius 1 is 1.41 bits per heavy atom. The van der Waals surface area contributed by atoms with Crippen molar-refractivity contribution in [2.24, 2.45) is 10.1 Å². The van der Waals surface area contributed by atoms with E-state index in [4.69, 9.17) is 11.6 Å². The molecular formula is C12H14ClN3S. The van der Waals surface area contributed by atoms with Crippen molar-refractivity contribution in [3.63, 3.8) is 0 Å². The number of amidine groups is 1. The molecular weight excluding hydrogens is 254 g/mol. The van der Waals surface area contributed by atoms with Gasteiger partial charge in [0, 0.05) is 17.3 Å². The fraction of sp³-hybridized carbons (Fsp3) is 0.333. The summed E-state index contributed by atoms with van der Waals surface area (Å²) in [6, 6.07) is 7.73. The van der Waals surface area contributed by atoms with Gasteiger partial charge in [-0.2, -0.15) is 5.10 Å². The Labute approximate surface area is 110 Å². The lowest BCUT2D eigenvalue weighted by Crippen LogP contribution is -2.25. The lowest BCUT2D eigenvalue weighted by Gasteiger charge is -2.14. The van der Waals surface area contributed by atoms with Gasteiger partial charge in [-0.3, -0.25) is 10.4 Å². The molecule has 0 amide bonds. The van der Waals surface area contributed by atoms with Crippen LogP contribution in [0.4, 0.5) is 0 Å². The second-order valence-electron chi connectivity index (χ2n) is 3.65. The predicted molar refractivity (Wildman–Crippen MR) is 76.2 cm³/mol. The van der Waals surface area contributed by atoms with E-state index in [1.807, 2.05) is 24.3 Å². The molecule has 0 aliphatic carbocycles. The minimum absolute atomic E-state index is 0.746. The molecule has 5 heteroatoms. The summed E-state index contributed by atoms with van der Waals surface area (Å²) in [6.45, 7) is 2.96. The number of nitrogens with zero attached hydrogens (tertiary/aromatic N) is 2. The number of benzene rings is 1. The third-order valence-electron chi connectivity index (χ3n) is 2.29. The highest BCUT2D eigenvalue weighted by Crippen LogP contribution is 2.16. The van der Waals surface area contributed by atoms with E-state index in [0.717, 1.165) is 40.2 Å². The van der Waals surface area contributed by atoms with E-state index in [1.165, 1.54) is 0 Å². The molecule has 0 radical (unpaired) electrons. The Morgan fingerprint density at radius 2 is 2.18 bits per heavy atom. The maximum absolute atomic E-state index is 5.85. The van der Waals surface area contributed by atoms with Gasteiger partial charge in [-0.05, 0) is 24.1 Å². The van der Waals surface area contributed by atoms with Crippen LogP contribution < -0.4 is 5.43 Å². The molecule has 0 fully saturated rings. The van der Waals surface area contributed by atoms with E-state index in [1.54, 1.807) is 11.8 Å². The Hall–Kier alpha value is -1.000. The van der Waals surface area contributed by atoms with Gasteiger partial charge in [-0.25, -0.2) is 0 Å². The largest absolute Gasteiger partial charge is 0.261 e. The average Bonchev–Trinajstić information content (AvgIpc) is 2.38. The number of aliphatic imine (C=N–C) groups is 1. The molecule has 0 bridgehead atoms. The molecule has 0 spiro atoms. The molecule has 1 aliphatic heterocycles. The second-order valence-corrected chi connectivity index (χ2v) is 5.05. The molecule has 3 nitrogen and oxygen atoms in total. The molecule has 2 rings (SSSR count). The van der Waals surface area contributed by atoms with E-state index in [9.17, 15) is 0 Å². The minimum atomic E-state index is 0.746. The van der Waals surface area contributed by atoms with Gasteiger partial charge in [0.25, 0.3) is 0 Å². The normalized spacial score (nSPS) is 17.8. The average molecular weight is 268 g/mol. The maximum atomic E-state index is 5.85. The van der Waals surface area contributed by atoms with E-state index in [-0.39, 0.29) is 0 Å². The molecule has 17 heavy (non-hydrogen) atoms. The first-order valence-electron chi connectivity index (χ1n) is 5.55. The summed E-state index contributed by atoms with van der Waals surface area (Å²) in [7, 11) is 0. The van der Waals surface area contributed by atoms with Crippen LogP contribution in [0.3, 0.4) is 0 Å². The molecule has 1 N–H and O–H groups in total. The molecule has 1 aromatic carbocycles. The number of hydrogen-bond acceptors (Lipinski definition) is 3. The fourth-order valence-corrected chi connectivity index (χ4v) is 2.32. The van der Waals surface area contributed by atoms with E-state index in [2.05, 4.69) is 22.4 Å². The van der Waals surface area contributed by atoms with Gasteiger partial charge in [0.2, 0.25) is 0 Å². The number of rotatable bonds is 3. The summed E-state index contributed by atoms with van der Waals surface area (Å²) in [5, 5.41) is 5.99. The van der Waals surface area contributed by atoms with Gasteiger partial charge in [0.05, 0.1) is 5.71 Å². The van der Waals surface area contributed by atoms with Crippen LogP contribution in [0.5, 0.6) is 0 Å². The number of halogens is 1. The van der Waals surface area contributed by atoms with E-state index in [0.29, 0.717) is 0 Å². The molecule has 0 saturated carbocycles. The van der Waals surface area contributed by atoms with Crippen LogP contribution in [0, 0.1) is 0 Å². The van der Waals surface area contributed by atoms with Crippen molar-refractivity contribution in [1.29, 1.82) is 0 Å². The zero-order valence-electron chi connectivity index (χ0n) is 9.61. The van der Waals surface area contributed by atoms with Crippen molar-refractivity contribution in [2.45, 2.75) is 13.3 Å². The van der Waals surface area contributed by atoms with Gasteiger partial charge in [-0.1, -0.05) is 42.4 Å². The molecule has 0 unspecified atom stereocenters. The Kier molecular flexibility index (Phi) is 4.45. The monoisotopic (exact) mass is 267 g/mol. The fourth-order valence-electron chi connectivity index (χ4n) is 1.40. The predicted octanol–water partition coefficient (Wildman–Crippen LogP) is 3.15.